The van der Waals surface area contributed by atoms with Crippen molar-refractivity contribution in [1.82, 2.24) is 10.6 Å². The Morgan fingerprint density at radius 2 is 1.54 bits per heavy atom. The zero-order chi connectivity index (χ0) is 17.5. The molecule has 0 atom stereocenters. The molecule has 0 saturated heterocycles. The van der Waals surface area contributed by atoms with Gasteiger partial charge in [0.15, 0.2) is 18.2 Å². The van der Waals surface area contributed by atoms with Crippen molar-refractivity contribution in [2.75, 3.05) is 0 Å². The maximum Gasteiger partial charge on any atom is 0.321 e. The molecule has 0 radical (unpaired) electrons. The van der Waals surface area contributed by atoms with Crippen LogP contribution < -0.4 is 15.2 Å². The molecule has 2 aromatic rings. The summed E-state index contributed by atoms with van der Waals surface area (Å²) in [6.45, 7) is 3.61. The van der Waals surface area contributed by atoms with Crippen molar-refractivity contribution in [2.24, 2.45) is 0 Å². The summed E-state index contributed by atoms with van der Waals surface area (Å²) >= 11 is 0. The van der Waals surface area contributed by atoms with E-state index >= 15 is 0 Å². The number of rotatable bonds is 5. The van der Waals surface area contributed by atoms with E-state index in [0.717, 1.165) is 0 Å². The number of carbonyl (C=O) groups is 3. The van der Waals surface area contributed by atoms with Crippen molar-refractivity contribution in [3.8, 4) is 0 Å². The van der Waals surface area contributed by atoms with E-state index in [1.807, 2.05) is 18.2 Å². The van der Waals surface area contributed by atoms with Crippen LogP contribution in [0.3, 0.4) is 0 Å². The average Bonchev–Trinajstić information content (AvgIpc) is 2.54. The van der Waals surface area contributed by atoms with E-state index in [0.29, 0.717) is 11.1 Å². The highest BCUT2D eigenvalue weighted by atomic mass is 16.2. The molecule has 2 rings (SSSR count). The van der Waals surface area contributed by atoms with Gasteiger partial charge < -0.3 is 5.32 Å². The molecule has 0 unspecified atom stereocenters. The number of benzene rings is 1. The summed E-state index contributed by atoms with van der Waals surface area (Å²) in [6.07, 6.45) is 3.27. The maximum atomic E-state index is 12.3. The lowest BCUT2D eigenvalue weighted by atomic mass is 10.0. The molecule has 0 aliphatic rings. The minimum absolute atomic E-state index is 0.00861. The second-order valence-electron chi connectivity index (χ2n) is 5.63. The fraction of sp³-hybridized carbons (Fsp3) is 0.222. The van der Waals surface area contributed by atoms with Crippen LogP contribution in [0, 0.1) is 0 Å². The molecular weight excluding hydrogens is 306 g/mol. The number of pyridine rings is 1. The van der Waals surface area contributed by atoms with Crippen LogP contribution in [-0.2, 0) is 11.3 Å². The van der Waals surface area contributed by atoms with Crippen molar-refractivity contribution in [3.63, 3.8) is 0 Å². The Morgan fingerprint density at radius 3 is 2.12 bits per heavy atom. The number of hydrogen-bond acceptors (Lipinski definition) is 3. The van der Waals surface area contributed by atoms with Crippen LogP contribution in [0.1, 0.15) is 29.8 Å². The fourth-order valence-electron chi connectivity index (χ4n) is 2.10. The number of imide groups is 1. The van der Waals surface area contributed by atoms with Crippen molar-refractivity contribution in [3.05, 3.63) is 66.0 Å². The minimum atomic E-state index is -0.522. The third kappa shape index (κ3) is 5.01. The smallest absolute Gasteiger partial charge is 0.321 e. The lowest BCUT2D eigenvalue weighted by Crippen LogP contribution is -2.48. The normalized spacial score (nSPS) is 10.3. The third-order valence-corrected chi connectivity index (χ3v) is 3.19. The summed E-state index contributed by atoms with van der Waals surface area (Å²) in [7, 11) is 0. The molecule has 3 amide bonds. The summed E-state index contributed by atoms with van der Waals surface area (Å²) in [5.74, 6) is -0.510. The predicted octanol–water partition coefficient (Wildman–Crippen LogP) is 1.44. The van der Waals surface area contributed by atoms with Gasteiger partial charge in [-0.25, -0.2) is 4.79 Å². The van der Waals surface area contributed by atoms with Crippen LogP contribution in [-0.4, -0.2) is 23.8 Å². The topological polar surface area (TPSA) is 79.2 Å². The van der Waals surface area contributed by atoms with Crippen LogP contribution in [0.25, 0.3) is 0 Å². The van der Waals surface area contributed by atoms with E-state index in [9.17, 15) is 14.4 Å². The first kappa shape index (κ1) is 17.3. The van der Waals surface area contributed by atoms with Gasteiger partial charge in [0, 0.05) is 29.3 Å². The zero-order valence-corrected chi connectivity index (χ0v) is 13.7. The summed E-state index contributed by atoms with van der Waals surface area (Å²) in [5, 5.41) is 4.82. The molecular formula is C18H20N3O3+. The predicted molar refractivity (Wildman–Crippen MR) is 88.3 cm³/mol. The Bertz CT molecular complexity index is 725. The summed E-state index contributed by atoms with van der Waals surface area (Å²) in [5.41, 5.74) is 1.15. The van der Waals surface area contributed by atoms with Crippen molar-refractivity contribution >= 4 is 17.7 Å². The molecule has 1 aromatic carbocycles. The highest BCUT2D eigenvalue weighted by Crippen LogP contribution is 2.07. The van der Waals surface area contributed by atoms with Gasteiger partial charge in [0.2, 0.25) is 6.54 Å². The number of aromatic nitrogens is 1. The molecule has 1 aromatic heterocycles. The lowest BCUT2D eigenvalue weighted by Gasteiger charge is -2.07. The average molecular weight is 326 g/mol. The first-order chi connectivity index (χ1) is 11.5. The number of urea groups is 1. The number of hydrogen-bond donors (Lipinski definition) is 2. The lowest BCUT2D eigenvalue weighted by molar-refractivity contribution is -0.684. The maximum absolute atomic E-state index is 12.3. The number of carbonyl (C=O) groups excluding carboxylic acids is 3. The second kappa shape index (κ2) is 8.01. The molecule has 0 aliphatic carbocycles. The van der Waals surface area contributed by atoms with Gasteiger partial charge in [-0.05, 0) is 13.8 Å². The quantitative estimate of drug-likeness (QED) is 0.644. The number of ketones is 1. The van der Waals surface area contributed by atoms with Crippen molar-refractivity contribution < 1.29 is 19.0 Å². The summed E-state index contributed by atoms with van der Waals surface area (Å²) < 4.78 is 1.60. The molecule has 6 heteroatoms. The van der Waals surface area contributed by atoms with Gasteiger partial charge in [0.25, 0.3) is 5.91 Å². The molecule has 1 heterocycles. The molecule has 0 saturated carbocycles. The van der Waals surface area contributed by atoms with E-state index in [4.69, 9.17) is 0 Å². The molecule has 6 nitrogen and oxygen atoms in total. The molecule has 0 bridgehead atoms. The zero-order valence-electron chi connectivity index (χ0n) is 13.7. The molecule has 2 N–H and O–H groups in total. The van der Waals surface area contributed by atoms with E-state index in [1.165, 1.54) is 0 Å². The number of nitrogens with zero attached hydrogens (tertiary/aromatic N) is 1. The van der Waals surface area contributed by atoms with Crippen molar-refractivity contribution in [1.29, 1.82) is 0 Å². The highest BCUT2D eigenvalue weighted by Gasteiger charge is 2.15. The highest BCUT2D eigenvalue weighted by molar-refractivity contribution is 6.08. The Morgan fingerprint density at radius 1 is 0.958 bits per heavy atom. The second-order valence-corrected chi connectivity index (χ2v) is 5.63. The minimum Gasteiger partial charge on any atom is -0.336 e. The van der Waals surface area contributed by atoms with Gasteiger partial charge >= 0.3 is 6.03 Å². The van der Waals surface area contributed by atoms with E-state index < -0.39 is 11.9 Å². The largest absolute Gasteiger partial charge is 0.336 e. The van der Waals surface area contributed by atoms with Crippen LogP contribution in [0.15, 0.2) is 54.9 Å². The Hall–Kier alpha value is -3.02. The Balaban J connectivity index is 1.96. The molecule has 124 valence electrons. The van der Waals surface area contributed by atoms with Gasteiger partial charge in [-0.1, -0.05) is 30.3 Å². The van der Waals surface area contributed by atoms with Crippen LogP contribution in [0.2, 0.25) is 0 Å². The van der Waals surface area contributed by atoms with Gasteiger partial charge in [-0.3, -0.25) is 14.9 Å². The van der Waals surface area contributed by atoms with Crippen LogP contribution in [0.5, 0.6) is 0 Å². The summed E-state index contributed by atoms with van der Waals surface area (Å²) in [4.78, 5) is 35.5. The van der Waals surface area contributed by atoms with Gasteiger partial charge in [-0.2, -0.15) is 4.57 Å². The van der Waals surface area contributed by atoms with E-state index in [2.05, 4.69) is 10.6 Å². The fourth-order valence-corrected chi connectivity index (χ4v) is 2.10. The first-order valence-electron chi connectivity index (χ1n) is 7.65. The number of amides is 3. The van der Waals surface area contributed by atoms with Gasteiger partial charge in [-0.15, -0.1) is 0 Å². The van der Waals surface area contributed by atoms with Crippen molar-refractivity contribution in [2.45, 2.75) is 26.4 Å². The van der Waals surface area contributed by atoms with Gasteiger partial charge in [0.1, 0.15) is 0 Å². The third-order valence-electron chi connectivity index (χ3n) is 3.19. The Kier molecular flexibility index (Phi) is 5.78. The van der Waals surface area contributed by atoms with E-state index in [-0.39, 0.29) is 18.4 Å². The summed E-state index contributed by atoms with van der Waals surface area (Å²) in [6, 6.07) is 11.7. The van der Waals surface area contributed by atoms with Gasteiger partial charge in [0.05, 0.1) is 0 Å². The van der Waals surface area contributed by atoms with E-state index in [1.54, 1.807) is 55.1 Å². The standard InChI is InChI=1S/C18H19N3O3/c1-13(2)19-18(24)20-16(22)12-21-10-8-15(9-11-21)17(23)14-6-4-3-5-7-14/h3-11,13H,12H2,1-2H3,(H-,19,20,22,24)/p+1. The SMILES string of the molecule is CC(C)NC(=O)NC(=O)C[n+]1ccc(C(=O)c2ccccc2)cc1. The monoisotopic (exact) mass is 326 g/mol. The molecule has 0 aliphatic heterocycles. The molecule has 0 fully saturated rings. The first-order valence-corrected chi connectivity index (χ1v) is 7.65. The van der Waals surface area contributed by atoms with Crippen LogP contribution >= 0.6 is 0 Å². The van der Waals surface area contributed by atoms with Crippen LogP contribution in [0.4, 0.5) is 4.79 Å². The molecule has 0 spiro atoms. The Labute approximate surface area is 140 Å². The number of nitrogens with one attached hydrogen (secondary N) is 2. The molecule has 24 heavy (non-hydrogen) atoms.